The minimum Gasteiger partial charge on any atom is -0.363 e. The lowest BCUT2D eigenvalue weighted by Crippen LogP contribution is -2.12. The minimum atomic E-state index is 0.716. The summed E-state index contributed by atoms with van der Waals surface area (Å²) >= 11 is 1.77. The van der Waals surface area contributed by atoms with E-state index >= 15 is 0 Å². The Hall–Kier alpha value is -2.40. The molecular formula is C18H18N4S. The highest BCUT2D eigenvalue weighted by Gasteiger charge is 2.09. The summed E-state index contributed by atoms with van der Waals surface area (Å²) in [6, 6.07) is 16.3. The first-order valence-electron chi connectivity index (χ1n) is 7.36. The second-order valence-electron chi connectivity index (χ2n) is 5.28. The first-order valence-corrected chi connectivity index (χ1v) is 8.34. The van der Waals surface area contributed by atoms with Crippen LogP contribution in [0.5, 0.6) is 0 Å². The first kappa shape index (κ1) is 15.5. The fraction of sp³-hybridized carbons (Fsp3) is 0.167. The number of anilines is 1. The van der Waals surface area contributed by atoms with Gasteiger partial charge in [0.2, 0.25) is 0 Å². The van der Waals surface area contributed by atoms with Crippen LogP contribution < -0.4 is 4.90 Å². The standard InChI is InChI=1S/C18H18N4S/c1-22(2)17-11-15(13-23-16-8-4-3-5-9-16)20-18(21-17)14-7-6-10-19-12-14/h3-12H,13H2,1-2H3. The van der Waals surface area contributed by atoms with Crippen LogP contribution in [0.4, 0.5) is 5.82 Å². The first-order chi connectivity index (χ1) is 11.2. The van der Waals surface area contributed by atoms with E-state index < -0.39 is 0 Å². The van der Waals surface area contributed by atoms with Crippen molar-refractivity contribution in [3.05, 3.63) is 66.6 Å². The van der Waals surface area contributed by atoms with Gasteiger partial charge in [0.1, 0.15) is 5.82 Å². The van der Waals surface area contributed by atoms with Gasteiger partial charge in [0, 0.05) is 48.8 Å². The molecule has 0 radical (unpaired) electrons. The van der Waals surface area contributed by atoms with Gasteiger partial charge in [-0.05, 0) is 24.3 Å². The molecule has 1 aromatic carbocycles. The molecule has 0 aliphatic heterocycles. The lowest BCUT2D eigenvalue weighted by Gasteiger charge is -2.14. The van der Waals surface area contributed by atoms with Gasteiger partial charge in [-0.3, -0.25) is 4.98 Å². The highest BCUT2D eigenvalue weighted by Crippen LogP contribution is 2.25. The van der Waals surface area contributed by atoms with E-state index in [1.54, 1.807) is 24.2 Å². The van der Waals surface area contributed by atoms with Crippen molar-refractivity contribution in [2.24, 2.45) is 0 Å². The molecule has 4 nitrogen and oxygen atoms in total. The molecule has 0 aliphatic carbocycles. The van der Waals surface area contributed by atoms with Crippen molar-refractivity contribution in [1.82, 2.24) is 15.0 Å². The van der Waals surface area contributed by atoms with E-state index in [1.165, 1.54) is 4.90 Å². The van der Waals surface area contributed by atoms with E-state index in [0.29, 0.717) is 5.82 Å². The highest BCUT2D eigenvalue weighted by atomic mass is 32.2. The molecule has 0 aliphatic rings. The van der Waals surface area contributed by atoms with Crippen LogP contribution in [0.15, 0.2) is 65.8 Å². The quantitative estimate of drug-likeness (QED) is 0.667. The molecule has 0 N–H and O–H groups in total. The average Bonchev–Trinajstić information content (AvgIpc) is 2.61. The van der Waals surface area contributed by atoms with Crippen LogP contribution in [-0.2, 0) is 5.75 Å². The van der Waals surface area contributed by atoms with E-state index in [1.807, 2.05) is 43.3 Å². The maximum Gasteiger partial charge on any atom is 0.163 e. The molecule has 0 unspecified atom stereocenters. The second-order valence-corrected chi connectivity index (χ2v) is 6.33. The van der Waals surface area contributed by atoms with Crippen LogP contribution in [0.2, 0.25) is 0 Å². The Kier molecular flexibility index (Phi) is 4.88. The molecule has 3 rings (SSSR count). The lowest BCUT2D eigenvalue weighted by atomic mass is 10.2. The average molecular weight is 322 g/mol. The number of hydrogen-bond acceptors (Lipinski definition) is 5. The Bertz CT molecular complexity index is 760. The monoisotopic (exact) mass is 322 g/mol. The molecule has 0 saturated heterocycles. The molecule has 0 fully saturated rings. The van der Waals surface area contributed by atoms with E-state index in [0.717, 1.165) is 22.8 Å². The summed E-state index contributed by atoms with van der Waals surface area (Å²) < 4.78 is 0. The number of nitrogens with zero attached hydrogens (tertiary/aromatic N) is 4. The maximum absolute atomic E-state index is 4.70. The SMILES string of the molecule is CN(C)c1cc(CSc2ccccc2)nc(-c2cccnc2)n1. The van der Waals surface area contributed by atoms with E-state index in [9.17, 15) is 0 Å². The molecule has 0 atom stereocenters. The third-order valence-electron chi connectivity index (χ3n) is 3.27. The number of aromatic nitrogens is 3. The van der Waals surface area contributed by atoms with Crippen LogP contribution >= 0.6 is 11.8 Å². The molecular weight excluding hydrogens is 304 g/mol. The molecule has 23 heavy (non-hydrogen) atoms. The number of pyridine rings is 1. The van der Waals surface area contributed by atoms with Crippen molar-refractivity contribution in [3.63, 3.8) is 0 Å². The Balaban J connectivity index is 1.88. The zero-order valence-corrected chi connectivity index (χ0v) is 14.0. The smallest absolute Gasteiger partial charge is 0.163 e. The number of thioether (sulfide) groups is 1. The van der Waals surface area contributed by atoms with Crippen LogP contribution in [0.1, 0.15) is 5.69 Å². The Labute approximate surface area is 140 Å². The van der Waals surface area contributed by atoms with Crippen LogP contribution in [-0.4, -0.2) is 29.0 Å². The van der Waals surface area contributed by atoms with Gasteiger partial charge >= 0.3 is 0 Å². The van der Waals surface area contributed by atoms with Crippen molar-refractivity contribution in [1.29, 1.82) is 0 Å². The summed E-state index contributed by atoms with van der Waals surface area (Å²) in [5.74, 6) is 2.43. The third kappa shape index (κ3) is 4.07. The molecule has 5 heteroatoms. The normalized spacial score (nSPS) is 10.5. The van der Waals surface area contributed by atoms with Gasteiger partial charge in [-0.2, -0.15) is 0 Å². The van der Waals surface area contributed by atoms with Gasteiger partial charge in [0.15, 0.2) is 5.82 Å². The number of rotatable bonds is 5. The van der Waals surface area contributed by atoms with Crippen LogP contribution in [0.25, 0.3) is 11.4 Å². The van der Waals surface area contributed by atoms with Crippen LogP contribution in [0.3, 0.4) is 0 Å². The molecule has 0 amide bonds. The highest BCUT2D eigenvalue weighted by molar-refractivity contribution is 7.98. The van der Waals surface area contributed by atoms with E-state index in [4.69, 9.17) is 4.98 Å². The fourth-order valence-electron chi connectivity index (χ4n) is 2.08. The maximum atomic E-state index is 4.70. The summed E-state index contributed by atoms with van der Waals surface area (Å²) in [7, 11) is 3.98. The van der Waals surface area contributed by atoms with Gasteiger partial charge in [-0.1, -0.05) is 18.2 Å². The number of hydrogen-bond donors (Lipinski definition) is 0. The van der Waals surface area contributed by atoms with E-state index in [-0.39, 0.29) is 0 Å². The summed E-state index contributed by atoms with van der Waals surface area (Å²) in [6.45, 7) is 0. The topological polar surface area (TPSA) is 41.9 Å². The molecule has 116 valence electrons. The van der Waals surface area contributed by atoms with Gasteiger partial charge in [-0.15, -0.1) is 11.8 Å². The summed E-state index contributed by atoms with van der Waals surface area (Å²) in [6.07, 6.45) is 3.55. The predicted octanol–water partition coefficient (Wildman–Crippen LogP) is 3.90. The van der Waals surface area contributed by atoms with Gasteiger partial charge in [0.05, 0.1) is 5.69 Å². The van der Waals surface area contributed by atoms with Crippen molar-refractivity contribution < 1.29 is 0 Å². The van der Waals surface area contributed by atoms with Crippen molar-refractivity contribution in [2.75, 3.05) is 19.0 Å². The van der Waals surface area contributed by atoms with Gasteiger partial charge < -0.3 is 4.90 Å². The zero-order valence-electron chi connectivity index (χ0n) is 13.2. The Morgan fingerprint density at radius 3 is 2.52 bits per heavy atom. The molecule has 2 heterocycles. The van der Waals surface area contributed by atoms with Gasteiger partial charge in [0.25, 0.3) is 0 Å². The Morgan fingerprint density at radius 2 is 1.83 bits per heavy atom. The summed E-state index contributed by atoms with van der Waals surface area (Å²) in [4.78, 5) is 16.7. The molecule has 0 saturated carbocycles. The van der Waals surface area contributed by atoms with E-state index in [2.05, 4.69) is 34.2 Å². The molecule has 3 aromatic rings. The predicted molar refractivity (Wildman–Crippen MR) is 95.6 cm³/mol. The lowest BCUT2D eigenvalue weighted by molar-refractivity contribution is 1.01. The Morgan fingerprint density at radius 1 is 1.00 bits per heavy atom. The van der Waals surface area contributed by atoms with Crippen molar-refractivity contribution in [3.8, 4) is 11.4 Å². The van der Waals surface area contributed by atoms with Gasteiger partial charge in [-0.25, -0.2) is 9.97 Å². The molecule has 0 bridgehead atoms. The summed E-state index contributed by atoms with van der Waals surface area (Å²) in [5, 5.41) is 0. The largest absolute Gasteiger partial charge is 0.363 e. The van der Waals surface area contributed by atoms with Crippen molar-refractivity contribution in [2.45, 2.75) is 10.6 Å². The molecule has 2 aromatic heterocycles. The van der Waals surface area contributed by atoms with Crippen molar-refractivity contribution >= 4 is 17.6 Å². The second kappa shape index (κ2) is 7.24. The summed E-state index contributed by atoms with van der Waals surface area (Å²) in [5.41, 5.74) is 1.94. The third-order valence-corrected chi connectivity index (χ3v) is 4.32. The molecule has 0 spiro atoms. The number of benzene rings is 1. The zero-order chi connectivity index (χ0) is 16.1. The van der Waals surface area contributed by atoms with Crippen LogP contribution in [0, 0.1) is 0 Å². The fourth-order valence-corrected chi connectivity index (χ4v) is 2.90. The minimum absolute atomic E-state index is 0.716.